The predicted octanol–water partition coefficient (Wildman–Crippen LogP) is 17.0. The second kappa shape index (κ2) is 14.2. The second-order valence-electron chi connectivity index (χ2n) is 18.2. The molecule has 2 aliphatic carbocycles. The van der Waals surface area contributed by atoms with Gasteiger partial charge in [0.1, 0.15) is 0 Å². The highest BCUT2D eigenvalue weighted by molar-refractivity contribution is 6.17. The van der Waals surface area contributed by atoms with Crippen molar-refractivity contribution in [3.63, 3.8) is 0 Å². The third-order valence-corrected chi connectivity index (χ3v) is 14.6. The van der Waals surface area contributed by atoms with E-state index in [2.05, 4.69) is 208 Å². The first-order valence-electron chi connectivity index (χ1n) is 22.3. The summed E-state index contributed by atoms with van der Waals surface area (Å²) < 4.78 is 0. The summed E-state index contributed by atoms with van der Waals surface area (Å²) in [4.78, 5) is 0. The van der Waals surface area contributed by atoms with E-state index in [-0.39, 0.29) is 5.41 Å². The third-order valence-electron chi connectivity index (χ3n) is 14.6. The lowest BCUT2D eigenvalue weighted by Crippen LogP contribution is -2.15. The highest BCUT2D eigenvalue weighted by Gasteiger charge is 2.36. The van der Waals surface area contributed by atoms with Crippen LogP contribution in [0.15, 0.2) is 194 Å². The van der Waals surface area contributed by atoms with Crippen LogP contribution in [0.2, 0.25) is 0 Å². The summed E-state index contributed by atoms with van der Waals surface area (Å²) in [5, 5.41) is 11.1. The van der Waals surface area contributed by atoms with Gasteiger partial charge in [-0.05, 0) is 160 Å². The van der Waals surface area contributed by atoms with Gasteiger partial charge in [-0.2, -0.15) is 0 Å². The number of hydrogen-bond donors (Lipinski definition) is 0. The molecule has 0 aliphatic heterocycles. The normalized spacial score (nSPS) is 16.9. The van der Waals surface area contributed by atoms with E-state index in [4.69, 9.17) is 0 Å². The van der Waals surface area contributed by atoms with Crippen LogP contribution in [0.4, 0.5) is 0 Å². The summed E-state index contributed by atoms with van der Waals surface area (Å²) in [6, 6.07) is 73.3. The van der Waals surface area contributed by atoms with Crippen molar-refractivity contribution < 1.29 is 0 Å². The molecule has 0 atom stereocenters. The Morgan fingerprint density at radius 1 is 0.311 bits per heavy atom. The van der Waals surface area contributed by atoms with Crippen molar-refractivity contribution in [1.82, 2.24) is 0 Å². The maximum Gasteiger partial charge on any atom is 0.0159 e. The summed E-state index contributed by atoms with van der Waals surface area (Å²) in [6.45, 7) is 4.79. The van der Waals surface area contributed by atoms with Crippen LogP contribution in [0.5, 0.6) is 0 Å². The predicted molar refractivity (Wildman–Crippen MR) is 261 cm³/mol. The molecule has 0 spiro atoms. The lowest BCUT2D eigenvalue weighted by molar-refractivity contribution is 0.402. The van der Waals surface area contributed by atoms with E-state index in [0.29, 0.717) is 11.8 Å². The fourth-order valence-corrected chi connectivity index (χ4v) is 11.8. The summed E-state index contributed by atoms with van der Waals surface area (Å²) in [5.41, 5.74) is 16.4. The minimum Gasteiger partial charge on any atom is -0.0622 e. The van der Waals surface area contributed by atoms with Crippen LogP contribution in [0.25, 0.3) is 87.6 Å². The molecule has 10 aromatic rings. The number of hydrogen-bond acceptors (Lipinski definition) is 0. The number of fused-ring (bicyclic) bond motifs is 7. The maximum absolute atomic E-state index is 2.52. The minimum absolute atomic E-state index is 0.0696. The molecule has 10 aromatic carbocycles. The smallest absolute Gasteiger partial charge is 0.0159 e. The van der Waals surface area contributed by atoms with Gasteiger partial charge in [0.05, 0.1) is 0 Å². The molecule has 2 aliphatic rings. The quantitative estimate of drug-likeness (QED) is 0.153. The van der Waals surface area contributed by atoms with Gasteiger partial charge in [0.15, 0.2) is 0 Å². The largest absolute Gasteiger partial charge is 0.0622 e. The highest BCUT2D eigenvalue weighted by Crippen LogP contribution is 2.53. The fourth-order valence-electron chi connectivity index (χ4n) is 11.8. The van der Waals surface area contributed by atoms with Crippen molar-refractivity contribution in [3.05, 3.63) is 216 Å². The number of rotatable bonds is 5. The van der Waals surface area contributed by atoms with Gasteiger partial charge in [0.2, 0.25) is 0 Å². The van der Waals surface area contributed by atoms with Crippen molar-refractivity contribution in [2.24, 2.45) is 0 Å². The Kier molecular flexibility index (Phi) is 8.39. The van der Waals surface area contributed by atoms with Crippen LogP contribution in [0, 0.1) is 0 Å². The first kappa shape index (κ1) is 36.1. The van der Waals surface area contributed by atoms with Gasteiger partial charge in [-0.25, -0.2) is 0 Å². The Morgan fingerprint density at radius 3 is 1.31 bits per heavy atom. The maximum atomic E-state index is 2.52. The molecule has 1 saturated carbocycles. The summed E-state index contributed by atoms with van der Waals surface area (Å²) in [5.74, 6) is 0.964. The van der Waals surface area contributed by atoms with Crippen molar-refractivity contribution in [3.8, 4) is 44.5 Å². The molecule has 0 heterocycles. The molecule has 0 radical (unpaired) electrons. The van der Waals surface area contributed by atoms with Gasteiger partial charge in [-0.3, -0.25) is 0 Å². The molecular formula is C61H48. The van der Waals surface area contributed by atoms with Gasteiger partial charge in [-0.1, -0.05) is 196 Å². The van der Waals surface area contributed by atoms with Crippen LogP contribution in [0.3, 0.4) is 0 Å². The monoisotopic (exact) mass is 780 g/mol. The molecule has 0 N–H and O–H groups in total. The third kappa shape index (κ3) is 5.65. The van der Waals surface area contributed by atoms with E-state index in [1.807, 2.05) is 0 Å². The van der Waals surface area contributed by atoms with E-state index >= 15 is 0 Å². The summed E-state index contributed by atoms with van der Waals surface area (Å²) in [6.07, 6.45) is 4.67. The Balaban J connectivity index is 1.01. The standard InChI is InChI=1S/C61H48/c1-61(2)55-28-16-15-21-45(55)46-35-34-44(38-56(46)61)60-52-27-14-13-26-51(52)59(53-36-33-43(37-54(53)60)39-17-5-3-6-18-39)42-31-29-41(30-32-42)58-49-24-11-9-22-47(49)57(40-19-7-4-8-20-40)48-23-10-12-25-50(48)58/h3-28,33-38,41-42H,29-32H2,1-2H3. The van der Waals surface area contributed by atoms with Gasteiger partial charge < -0.3 is 0 Å². The molecule has 0 amide bonds. The van der Waals surface area contributed by atoms with Crippen LogP contribution < -0.4 is 0 Å². The van der Waals surface area contributed by atoms with Crippen LogP contribution in [-0.2, 0) is 5.41 Å². The highest BCUT2D eigenvalue weighted by atomic mass is 14.4. The van der Waals surface area contributed by atoms with Crippen molar-refractivity contribution >= 4 is 43.1 Å². The SMILES string of the molecule is CC1(C)c2ccccc2-c2ccc(-c3c4ccccc4c(C4CCC(c5c6ccccc6c(-c6ccccc6)c6ccccc56)CC4)c4ccc(-c5ccccc5)cc34)cc21. The summed E-state index contributed by atoms with van der Waals surface area (Å²) in [7, 11) is 0. The first-order chi connectivity index (χ1) is 30.0. The first-order valence-corrected chi connectivity index (χ1v) is 22.3. The Labute approximate surface area is 359 Å². The Bertz CT molecular complexity index is 3270. The number of benzene rings is 10. The zero-order valence-electron chi connectivity index (χ0n) is 35.0. The van der Waals surface area contributed by atoms with Crippen molar-refractivity contribution in [1.29, 1.82) is 0 Å². The van der Waals surface area contributed by atoms with Crippen molar-refractivity contribution in [2.45, 2.75) is 56.8 Å². The Hall–Kier alpha value is -6.76. The molecule has 1 fully saturated rings. The van der Waals surface area contributed by atoms with Crippen LogP contribution >= 0.6 is 0 Å². The average Bonchev–Trinajstić information content (AvgIpc) is 3.55. The molecule has 0 aromatic heterocycles. The average molecular weight is 781 g/mol. The zero-order valence-corrected chi connectivity index (χ0v) is 35.0. The van der Waals surface area contributed by atoms with Gasteiger partial charge in [0, 0.05) is 5.41 Å². The molecule has 0 heteroatoms. The lowest BCUT2D eigenvalue weighted by atomic mass is 9.71. The van der Waals surface area contributed by atoms with E-state index in [1.54, 1.807) is 5.56 Å². The van der Waals surface area contributed by atoms with Gasteiger partial charge in [-0.15, -0.1) is 0 Å². The molecule has 0 bridgehead atoms. The summed E-state index contributed by atoms with van der Waals surface area (Å²) >= 11 is 0. The van der Waals surface area contributed by atoms with E-state index in [1.165, 1.54) is 117 Å². The molecule has 0 saturated heterocycles. The lowest BCUT2D eigenvalue weighted by Gasteiger charge is -2.33. The van der Waals surface area contributed by atoms with Crippen LogP contribution in [0.1, 0.15) is 73.6 Å². The van der Waals surface area contributed by atoms with Crippen molar-refractivity contribution in [2.75, 3.05) is 0 Å². The van der Waals surface area contributed by atoms with E-state index in [0.717, 1.165) is 12.8 Å². The van der Waals surface area contributed by atoms with E-state index < -0.39 is 0 Å². The second-order valence-corrected chi connectivity index (χ2v) is 18.2. The van der Waals surface area contributed by atoms with Gasteiger partial charge in [0.25, 0.3) is 0 Å². The topological polar surface area (TPSA) is 0 Å². The molecule has 12 rings (SSSR count). The molecule has 292 valence electrons. The molecule has 61 heavy (non-hydrogen) atoms. The molecular weight excluding hydrogens is 733 g/mol. The Morgan fingerprint density at radius 2 is 0.738 bits per heavy atom. The minimum atomic E-state index is -0.0696. The van der Waals surface area contributed by atoms with Gasteiger partial charge >= 0.3 is 0 Å². The fraction of sp³-hybridized carbons (Fsp3) is 0.148. The van der Waals surface area contributed by atoms with E-state index in [9.17, 15) is 0 Å². The van der Waals surface area contributed by atoms with Crippen LogP contribution in [-0.4, -0.2) is 0 Å². The molecule has 0 unspecified atom stereocenters. The molecule has 0 nitrogen and oxygen atoms in total. The zero-order chi connectivity index (χ0) is 40.7.